The lowest BCUT2D eigenvalue weighted by atomic mass is 10.1. The van der Waals surface area contributed by atoms with Gasteiger partial charge < -0.3 is 16.0 Å². The molecule has 1 aromatic carbocycles. The zero-order chi connectivity index (χ0) is 22.9. The summed E-state index contributed by atoms with van der Waals surface area (Å²) in [5, 5.41) is 4.60. The highest BCUT2D eigenvalue weighted by molar-refractivity contribution is 5.95. The van der Waals surface area contributed by atoms with Crippen LogP contribution >= 0.6 is 0 Å². The fourth-order valence-corrected chi connectivity index (χ4v) is 3.79. The van der Waals surface area contributed by atoms with Crippen LogP contribution in [0.25, 0.3) is 33.2 Å². The monoisotopic (exact) mass is 434 g/mol. The first-order chi connectivity index (χ1) is 16.0. The van der Waals surface area contributed by atoms with Gasteiger partial charge in [-0.3, -0.25) is 9.78 Å². The number of aryl methyl sites for hydroxylation is 2. The number of nitrogen functional groups attached to an aromatic ring is 1. The number of anilines is 3. The Morgan fingerprint density at radius 2 is 1.73 bits per heavy atom. The molecule has 7 heteroatoms. The van der Waals surface area contributed by atoms with Gasteiger partial charge in [-0.25, -0.2) is 9.97 Å². The van der Waals surface area contributed by atoms with Crippen molar-refractivity contribution >= 4 is 28.1 Å². The number of aromatic nitrogens is 4. The molecule has 0 unspecified atom stereocenters. The van der Waals surface area contributed by atoms with E-state index in [0.717, 1.165) is 39.0 Å². The first-order valence-corrected chi connectivity index (χ1v) is 10.5. The second-order valence-electron chi connectivity index (χ2n) is 7.94. The second-order valence-corrected chi connectivity index (χ2v) is 7.94. The normalized spacial score (nSPS) is 11.0. The van der Waals surface area contributed by atoms with Crippen molar-refractivity contribution in [1.82, 2.24) is 19.9 Å². The summed E-state index contributed by atoms with van der Waals surface area (Å²) in [5.74, 6) is 0.963. The van der Waals surface area contributed by atoms with Crippen LogP contribution in [0.2, 0.25) is 0 Å². The SMILES string of the molecule is Cc1cc(-c2ccc(Nc3nc(-c4cnc(N)c(C)c4)cc4cc[nH]c(=O)c34)cc2)ccn1. The molecule has 0 aliphatic rings. The zero-order valence-corrected chi connectivity index (χ0v) is 18.3. The van der Waals surface area contributed by atoms with Crippen LogP contribution in [-0.2, 0) is 0 Å². The van der Waals surface area contributed by atoms with Crippen LogP contribution in [0.4, 0.5) is 17.3 Å². The molecule has 33 heavy (non-hydrogen) atoms. The molecule has 0 aliphatic carbocycles. The van der Waals surface area contributed by atoms with Gasteiger partial charge in [0.1, 0.15) is 11.6 Å². The maximum Gasteiger partial charge on any atom is 0.259 e. The standard InChI is InChI=1S/C26H22N6O/c1-15-11-20(14-30-24(15)27)22-13-19-8-10-29-26(33)23(19)25(32-22)31-21-5-3-17(4-6-21)18-7-9-28-16(2)12-18/h3-14H,1-2H3,(H2,27,30)(H,29,33)(H,31,32). The highest BCUT2D eigenvalue weighted by Gasteiger charge is 2.12. The number of hydrogen-bond acceptors (Lipinski definition) is 6. The van der Waals surface area contributed by atoms with Gasteiger partial charge in [-0.2, -0.15) is 0 Å². The van der Waals surface area contributed by atoms with E-state index in [2.05, 4.69) is 20.3 Å². The molecule has 0 bridgehead atoms. The molecule has 4 aromatic heterocycles. The number of aromatic amines is 1. The average molecular weight is 435 g/mol. The lowest BCUT2D eigenvalue weighted by molar-refractivity contribution is 1.20. The van der Waals surface area contributed by atoms with E-state index in [1.807, 2.05) is 68.4 Å². The highest BCUT2D eigenvalue weighted by atomic mass is 16.1. The zero-order valence-electron chi connectivity index (χ0n) is 18.3. The average Bonchev–Trinajstić information content (AvgIpc) is 2.81. The van der Waals surface area contributed by atoms with Crippen LogP contribution in [-0.4, -0.2) is 19.9 Å². The van der Waals surface area contributed by atoms with Gasteiger partial charge in [-0.1, -0.05) is 12.1 Å². The molecule has 0 radical (unpaired) electrons. The van der Waals surface area contributed by atoms with Crippen LogP contribution in [0.15, 0.2) is 78.0 Å². The Kier molecular flexibility index (Phi) is 5.06. The molecule has 7 nitrogen and oxygen atoms in total. The summed E-state index contributed by atoms with van der Waals surface area (Å²) in [6.45, 7) is 3.88. The first kappa shape index (κ1) is 20.4. The minimum Gasteiger partial charge on any atom is -0.383 e. The van der Waals surface area contributed by atoms with Gasteiger partial charge in [0.05, 0.1) is 11.1 Å². The molecule has 0 aliphatic heterocycles. The minimum absolute atomic E-state index is 0.204. The Bertz CT molecular complexity index is 1540. The largest absolute Gasteiger partial charge is 0.383 e. The molecule has 162 valence electrons. The van der Waals surface area contributed by atoms with Gasteiger partial charge in [0.25, 0.3) is 5.56 Å². The predicted octanol–water partition coefficient (Wildman–Crippen LogP) is 4.99. The number of nitrogens with one attached hydrogen (secondary N) is 2. The fraction of sp³-hybridized carbons (Fsp3) is 0.0769. The van der Waals surface area contributed by atoms with E-state index < -0.39 is 0 Å². The van der Waals surface area contributed by atoms with Crippen molar-refractivity contribution in [2.24, 2.45) is 0 Å². The number of nitrogens with two attached hydrogens (primary N) is 1. The van der Waals surface area contributed by atoms with Crippen molar-refractivity contribution in [3.63, 3.8) is 0 Å². The Hall–Kier alpha value is -4.52. The number of H-pyrrole nitrogens is 1. The van der Waals surface area contributed by atoms with Crippen molar-refractivity contribution in [3.05, 3.63) is 94.8 Å². The number of hydrogen-bond donors (Lipinski definition) is 3. The molecule has 5 aromatic rings. The third-order valence-electron chi connectivity index (χ3n) is 5.55. The van der Waals surface area contributed by atoms with Gasteiger partial charge in [0.15, 0.2) is 0 Å². The lowest BCUT2D eigenvalue weighted by Crippen LogP contribution is -2.09. The minimum atomic E-state index is -0.204. The van der Waals surface area contributed by atoms with E-state index in [0.29, 0.717) is 22.7 Å². The molecule has 5 rings (SSSR count). The molecular weight excluding hydrogens is 412 g/mol. The van der Waals surface area contributed by atoms with Crippen LogP contribution in [0, 0.1) is 13.8 Å². The summed E-state index contributed by atoms with van der Waals surface area (Å²) in [5.41, 5.74) is 12.1. The number of benzene rings is 1. The summed E-state index contributed by atoms with van der Waals surface area (Å²) < 4.78 is 0. The van der Waals surface area contributed by atoms with E-state index in [1.165, 1.54) is 0 Å². The number of nitrogens with zero attached hydrogens (tertiary/aromatic N) is 3. The molecule has 4 heterocycles. The third-order valence-corrected chi connectivity index (χ3v) is 5.55. The summed E-state index contributed by atoms with van der Waals surface area (Å²) in [7, 11) is 0. The molecule has 4 N–H and O–H groups in total. The van der Waals surface area contributed by atoms with Crippen molar-refractivity contribution in [2.75, 3.05) is 11.1 Å². The van der Waals surface area contributed by atoms with E-state index in [4.69, 9.17) is 10.7 Å². The number of pyridine rings is 4. The van der Waals surface area contributed by atoms with Gasteiger partial charge in [0, 0.05) is 35.5 Å². The quantitative estimate of drug-likeness (QED) is 0.368. The molecule has 0 spiro atoms. The van der Waals surface area contributed by atoms with Gasteiger partial charge in [-0.05, 0) is 78.4 Å². The smallest absolute Gasteiger partial charge is 0.259 e. The van der Waals surface area contributed by atoms with Crippen molar-refractivity contribution in [3.8, 4) is 22.4 Å². The maximum atomic E-state index is 12.6. The summed E-state index contributed by atoms with van der Waals surface area (Å²) in [4.78, 5) is 28.7. The molecule has 0 fully saturated rings. The lowest BCUT2D eigenvalue weighted by Gasteiger charge is -2.12. The Labute approximate surface area is 190 Å². The van der Waals surface area contributed by atoms with Crippen molar-refractivity contribution < 1.29 is 0 Å². The highest BCUT2D eigenvalue weighted by Crippen LogP contribution is 2.29. The van der Waals surface area contributed by atoms with E-state index >= 15 is 0 Å². The summed E-state index contributed by atoms with van der Waals surface area (Å²) >= 11 is 0. The first-order valence-electron chi connectivity index (χ1n) is 10.5. The van der Waals surface area contributed by atoms with E-state index in [9.17, 15) is 4.79 Å². The Morgan fingerprint density at radius 3 is 2.48 bits per heavy atom. The molecular formula is C26H22N6O. The van der Waals surface area contributed by atoms with Gasteiger partial charge in [-0.15, -0.1) is 0 Å². The van der Waals surface area contributed by atoms with E-state index in [1.54, 1.807) is 18.6 Å². The van der Waals surface area contributed by atoms with Crippen LogP contribution in [0.1, 0.15) is 11.3 Å². The third kappa shape index (κ3) is 4.04. The van der Waals surface area contributed by atoms with E-state index in [-0.39, 0.29) is 5.56 Å². The maximum absolute atomic E-state index is 12.6. The number of fused-ring (bicyclic) bond motifs is 1. The Balaban J connectivity index is 1.57. The Morgan fingerprint density at radius 1 is 0.909 bits per heavy atom. The molecule has 0 atom stereocenters. The second kappa shape index (κ2) is 8.20. The van der Waals surface area contributed by atoms with Crippen molar-refractivity contribution in [2.45, 2.75) is 13.8 Å². The summed E-state index contributed by atoms with van der Waals surface area (Å²) in [6.07, 6.45) is 5.13. The topological polar surface area (TPSA) is 110 Å². The molecule has 0 saturated carbocycles. The van der Waals surface area contributed by atoms with Gasteiger partial charge in [0.2, 0.25) is 0 Å². The van der Waals surface area contributed by atoms with Crippen LogP contribution in [0.3, 0.4) is 0 Å². The summed E-state index contributed by atoms with van der Waals surface area (Å²) in [6, 6.07) is 17.7. The predicted molar refractivity (Wildman–Crippen MR) is 132 cm³/mol. The van der Waals surface area contributed by atoms with Gasteiger partial charge >= 0.3 is 0 Å². The van der Waals surface area contributed by atoms with Crippen LogP contribution in [0.5, 0.6) is 0 Å². The van der Waals surface area contributed by atoms with Crippen LogP contribution < -0.4 is 16.6 Å². The number of rotatable bonds is 4. The van der Waals surface area contributed by atoms with Crippen molar-refractivity contribution in [1.29, 1.82) is 0 Å². The fourth-order valence-electron chi connectivity index (χ4n) is 3.79. The molecule has 0 amide bonds. The molecule has 0 saturated heterocycles.